The minimum atomic E-state index is -0.642. The van der Waals surface area contributed by atoms with Crippen LogP contribution in [0.2, 0.25) is 0 Å². The number of ketones is 1. The molecule has 2 fully saturated rings. The van der Waals surface area contributed by atoms with E-state index >= 15 is 0 Å². The third kappa shape index (κ3) is 4.79. The molecule has 1 amide bonds. The smallest absolute Gasteiger partial charge is 0.295 e. The highest BCUT2D eigenvalue weighted by atomic mass is 16.5. The molecule has 4 rings (SSSR count). The summed E-state index contributed by atoms with van der Waals surface area (Å²) in [7, 11) is 3.92. The van der Waals surface area contributed by atoms with Crippen molar-refractivity contribution in [2.75, 3.05) is 58.4 Å². The van der Waals surface area contributed by atoms with Crippen molar-refractivity contribution in [1.29, 1.82) is 0 Å². The van der Waals surface area contributed by atoms with E-state index in [1.165, 1.54) is 0 Å². The Kier molecular flexibility index (Phi) is 6.81. The average molecular weight is 450 g/mol. The second-order valence-corrected chi connectivity index (χ2v) is 8.80. The summed E-state index contributed by atoms with van der Waals surface area (Å²) in [6.45, 7) is 5.94. The first-order valence-electron chi connectivity index (χ1n) is 11.3. The first-order chi connectivity index (χ1) is 15.9. The first-order valence-corrected chi connectivity index (χ1v) is 11.3. The van der Waals surface area contributed by atoms with Gasteiger partial charge in [-0.05, 0) is 24.6 Å². The van der Waals surface area contributed by atoms with Crippen LogP contribution in [-0.2, 0) is 14.3 Å². The van der Waals surface area contributed by atoms with Crippen LogP contribution in [0.25, 0.3) is 5.76 Å². The van der Waals surface area contributed by atoms with Crippen molar-refractivity contribution in [3.05, 3.63) is 70.8 Å². The van der Waals surface area contributed by atoms with Gasteiger partial charge in [0.1, 0.15) is 5.76 Å². The van der Waals surface area contributed by atoms with Crippen molar-refractivity contribution in [2.24, 2.45) is 0 Å². The van der Waals surface area contributed by atoms with Crippen molar-refractivity contribution in [3.8, 4) is 0 Å². The Morgan fingerprint density at radius 3 is 2.24 bits per heavy atom. The topological polar surface area (TPSA) is 73.3 Å². The molecule has 1 atom stereocenters. The normalized spacial score (nSPS) is 20.9. The zero-order chi connectivity index (χ0) is 23.5. The molecule has 0 radical (unpaired) electrons. The summed E-state index contributed by atoms with van der Waals surface area (Å²) in [6.07, 6.45) is 0. The number of anilines is 1. The molecule has 7 heteroatoms. The Morgan fingerprint density at radius 1 is 1.00 bits per heavy atom. The number of morpholine rings is 1. The fraction of sp³-hybridized carbons (Fsp3) is 0.385. The summed E-state index contributed by atoms with van der Waals surface area (Å²) < 4.78 is 5.42. The third-order valence-corrected chi connectivity index (χ3v) is 6.35. The number of carbonyl (C=O) groups is 2. The summed E-state index contributed by atoms with van der Waals surface area (Å²) in [5.41, 5.74) is 3.54. The number of aryl methyl sites for hydroxylation is 1. The van der Waals surface area contributed by atoms with Gasteiger partial charge >= 0.3 is 0 Å². The summed E-state index contributed by atoms with van der Waals surface area (Å²) in [4.78, 5) is 32.1. The van der Waals surface area contributed by atoms with Crippen molar-refractivity contribution >= 4 is 23.1 Å². The van der Waals surface area contributed by atoms with Gasteiger partial charge in [0, 0.05) is 51.5 Å². The number of ether oxygens (including phenoxy) is 1. The van der Waals surface area contributed by atoms with Crippen LogP contribution >= 0.6 is 0 Å². The predicted molar refractivity (Wildman–Crippen MR) is 128 cm³/mol. The Balaban J connectivity index is 1.73. The fourth-order valence-electron chi connectivity index (χ4n) is 4.35. The highest BCUT2D eigenvalue weighted by molar-refractivity contribution is 6.46. The quantitative estimate of drug-likeness (QED) is 0.415. The monoisotopic (exact) mass is 449 g/mol. The number of amides is 1. The van der Waals surface area contributed by atoms with Gasteiger partial charge in [0.25, 0.3) is 11.7 Å². The molecule has 2 aromatic rings. The Morgan fingerprint density at radius 2 is 1.64 bits per heavy atom. The van der Waals surface area contributed by atoms with Gasteiger partial charge in [0.15, 0.2) is 0 Å². The Labute approximate surface area is 194 Å². The highest BCUT2D eigenvalue weighted by Gasteiger charge is 2.46. The molecule has 0 spiro atoms. The van der Waals surface area contributed by atoms with E-state index in [2.05, 4.69) is 4.90 Å². The number of benzene rings is 2. The zero-order valence-corrected chi connectivity index (χ0v) is 19.5. The molecule has 2 aromatic carbocycles. The maximum Gasteiger partial charge on any atom is 0.295 e. The van der Waals surface area contributed by atoms with Gasteiger partial charge in [-0.15, -0.1) is 0 Å². The molecule has 0 unspecified atom stereocenters. The standard InChI is InChI=1S/C26H31N3O4/c1-18-4-6-20(7-5-18)24(30)22-23(19-8-10-21(11-9-19)27(2)3)29(26(32)25(22)31)13-12-28-14-16-33-17-15-28/h4-11,23,30H,12-17H2,1-3H3/b24-22+/t23-/m1/s1. The molecular weight excluding hydrogens is 418 g/mol. The van der Waals surface area contributed by atoms with Crippen LogP contribution in [0.1, 0.15) is 22.7 Å². The molecule has 0 aliphatic carbocycles. The molecule has 174 valence electrons. The number of carbonyl (C=O) groups excluding carboxylic acids is 2. The van der Waals surface area contributed by atoms with Crippen LogP contribution in [0, 0.1) is 6.92 Å². The van der Waals surface area contributed by atoms with Crippen LogP contribution in [-0.4, -0.2) is 80.1 Å². The van der Waals surface area contributed by atoms with E-state index in [1.807, 2.05) is 62.3 Å². The number of rotatable bonds is 6. The van der Waals surface area contributed by atoms with Gasteiger partial charge in [-0.3, -0.25) is 14.5 Å². The van der Waals surface area contributed by atoms with E-state index in [0.717, 1.165) is 29.9 Å². The van der Waals surface area contributed by atoms with Crippen LogP contribution in [0.5, 0.6) is 0 Å². The number of Topliss-reactive ketones (excluding diaryl/α,β-unsaturated/α-hetero) is 1. The van der Waals surface area contributed by atoms with Gasteiger partial charge in [-0.2, -0.15) is 0 Å². The van der Waals surface area contributed by atoms with Crippen molar-refractivity contribution < 1.29 is 19.4 Å². The third-order valence-electron chi connectivity index (χ3n) is 6.35. The lowest BCUT2D eigenvalue weighted by Crippen LogP contribution is -2.42. The van der Waals surface area contributed by atoms with Crippen LogP contribution in [0.15, 0.2) is 54.1 Å². The maximum absolute atomic E-state index is 13.2. The molecule has 2 heterocycles. The molecule has 0 bridgehead atoms. The van der Waals surface area contributed by atoms with Crippen molar-refractivity contribution in [2.45, 2.75) is 13.0 Å². The number of likely N-dealkylation sites (tertiary alicyclic amines) is 1. The minimum Gasteiger partial charge on any atom is -0.507 e. The lowest BCUT2D eigenvalue weighted by molar-refractivity contribution is -0.140. The first kappa shape index (κ1) is 23.0. The molecule has 0 aromatic heterocycles. The summed E-state index contributed by atoms with van der Waals surface area (Å²) in [5, 5.41) is 11.2. The number of aliphatic hydroxyl groups excluding tert-OH is 1. The SMILES string of the molecule is Cc1ccc(/C(O)=C2\C(=O)C(=O)N(CCN3CCOCC3)[C@@H]2c2ccc(N(C)C)cc2)cc1. The summed E-state index contributed by atoms with van der Waals surface area (Å²) in [6, 6.07) is 14.5. The molecular formula is C26H31N3O4. The predicted octanol–water partition coefficient (Wildman–Crippen LogP) is 2.81. The van der Waals surface area contributed by atoms with Gasteiger partial charge in [0.05, 0.1) is 24.8 Å². The van der Waals surface area contributed by atoms with Gasteiger partial charge in [0.2, 0.25) is 0 Å². The van der Waals surface area contributed by atoms with E-state index < -0.39 is 17.7 Å². The molecule has 0 saturated carbocycles. The van der Waals surface area contributed by atoms with Crippen LogP contribution in [0.3, 0.4) is 0 Å². The van der Waals surface area contributed by atoms with E-state index in [1.54, 1.807) is 17.0 Å². The van der Waals surface area contributed by atoms with Crippen LogP contribution in [0.4, 0.5) is 5.69 Å². The highest BCUT2D eigenvalue weighted by Crippen LogP contribution is 2.39. The molecule has 2 aliphatic rings. The number of nitrogens with zero attached hydrogens (tertiary/aromatic N) is 3. The van der Waals surface area contributed by atoms with E-state index in [4.69, 9.17) is 4.74 Å². The number of hydrogen-bond donors (Lipinski definition) is 1. The summed E-state index contributed by atoms with van der Waals surface area (Å²) in [5.74, 6) is -1.35. The molecule has 2 saturated heterocycles. The van der Waals surface area contributed by atoms with Crippen LogP contribution < -0.4 is 4.90 Å². The Bertz CT molecular complexity index is 1040. The van der Waals surface area contributed by atoms with E-state index in [9.17, 15) is 14.7 Å². The van der Waals surface area contributed by atoms with Gasteiger partial charge < -0.3 is 19.6 Å². The molecule has 2 aliphatic heterocycles. The minimum absolute atomic E-state index is 0.135. The fourth-order valence-corrected chi connectivity index (χ4v) is 4.35. The maximum atomic E-state index is 13.2. The van der Waals surface area contributed by atoms with Gasteiger partial charge in [-0.25, -0.2) is 0 Å². The largest absolute Gasteiger partial charge is 0.507 e. The van der Waals surface area contributed by atoms with E-state index in [-0.39, 0.29) is 11.3 Å². The lowest BCUT2D eigenvalue weighted by Gasteiger charge is -2.31. The van der Waals surface area contributed by atoms with Crippen molar-refractivity contribution in [3.63, 3.8) is 0 Å². The Hall–Kier alpha value is -3.16. The second-order valence-electron chi connectivity index (χ2n) is 8.80. The average Bonchev–Trinajstić information content (AvgIpc) is 3.08. The zero-order valence-electron chi connectivity index (χ0n) is 19.5. The summed E-state index contributed by atoms with van der Waals surface area (Å²) >= 11 is 0. The number of aliphatic hydroxyl groups is 1. The molecule has 33 heavy (non-hydrogen) atoms. The second kappa shape index (κ2) is 9.77. The molecule has 1 N–H and O–H groups in total. The van der Waals surface area contributed by atoms with E-state index in [0.29, 0.717) is 31.9 Å². The van der Waals surface area contributed by atoms with Gasteiger partial charge in [-0.1, -0.05) is 42.0 Å². The number of hydrogen-bond acceptors (Lipinski definition) is 6. The van der Waals surface area contributed by atoms with Crippen molar-refractivity contribution in [1.82, 2.24) is 9.80 Å². The lowest BCUT2D eigenvalue weighted by atomic mass is 9.95. The molecule has 7 nitrogen and oxygen atoms in total.